The van der Waals surface area contributed by atoms with Gasteiger partial charge in [-0.05, 0) is 23.8 Å². The summed E-state index contributed by atoms with van der Waals surface area (Å²) in [5, 5.41) is 9.54. The van der Waals surface area contributed by atoms with Crippen molar-refractivity contribution in [2.24, 2.45) is 0 Å². The zero-order valence-corrected chi connectivity index (χ0v) is 14.5. The first-order chi connectivity index (χ1) is 12.8. The summed E-state index contributed by atoms with van der Waals surface area (Å²) in [4.78, 5) is 12.8. The zero-order chi connectivity index (χ0) is 19.4. The molecule has 0 saturated heterocycles. The summed E-state index contributed by atoms with van der Waals surface area (Å²) in [6, 6.07) is 13.2. The maximum Gasteiger partial charge on any atom is 0.416 e. The zero-order valence-electron chi connectivity index (χ0n) is 13.7. The predicted molar refractivity (Wildman–Crippen MR) is 95.3 cm³/mol. The molecule has 0 unspecified atom stereocenters. The number of nitrogens with zero attached hydrogens (tertiary/aromatic N) is 3. The number of thioether (sulfide) groups is 1. The molecule has 27 heavy (non-hydrogen) atoms. The number of rotatable bonds is 5. The second-order valence-electron chi connectivity index (χ2n) is 5.50. The first kappa shape index (κ1) is 18.8. The number of halogens is 3. The highest BCUT2D eigenvalue weighted by Crippen LogP contribution is 2.35. The van der Waals surface area contributed by atoms with Crippen LogP contribution in [0.4, 0.5) is 18.9 Å². The number of nitrogens with one attached hydrogen (secondary N) is 1. The third kappa shape index (κ3) is 4.59. The van der Waals surface area contributed by atoms with Crippen LogP contribution < -0.4 is 11.2 Å². The van der Waals surface area contributed by atoms with Gasteiger partial charge >= 0.3 is 6.18 Å². The van der Waals surface area contributed by atoms with Crippen LogP contribution in [-0.4, -0.2) is 20.8 Å². The van der Waals surface area contributed by atoms with Gasteiger partial charge in [0.2, 0.25) is 11.1 Å². The summed E-state index contributed by atoms with van der Waals surface area (Å²) in [5.74, 6) is 5.20. The number of hydrogen-bond acceptors (Lipinski definition) is 5. The van der Waals surface area contributed by atoms with E-state index in [0.717, 1.165) is 28.6 Å². The van der Waals surface area contributed by atoms with Crippen molar-refractivity contribution in [3.63, 3.8) is 0 Å². The number of anilines is 1. The molecule has 0 radical (unpaired) electrons. The quantitative estimate of drug-likeness (QED) is 0.512. The van der Waals surface area contributed by atoms with Crippen molar-refractivity contribution in [1.82, 2.24) is 14.9 Å². The van der Waals surface area contributed by atoms with Crippen molar-refractivity contribution in [3.05, 3.63) is 72.1 Å². The lowest BCUT2D eigenvalue weighted by molar-refractivity contribution is -0.137. The summed E-state index contributed by atoms with van der Waals surface area (Å²) in [6.07, 6.45) is -3.21. The van der Waals surface area contributed by atoms with Crippen LogP contribution in [0.3, 0.4) is 0 Å². The number of aromatic nitrogens is 3. The summed E-state index contributed by atoms with van der Waals surface area (Å²) < 4.78 is 39.8. The van der Waals surface area contributed by atoms with Gasteiger partial charge in [0, 0.05) is 5.69 Å². The van der Waals surface area contributed by atoms with Crippen molar-refractivity contribution in [2.45, 2.75) is 16.6 Å². The van der Waals surface area contributed by atoms with E-state index in [4.69, 9.17) is 5.84 Å². The Kier molecular flexibility index (Phi) is 5.36. The fourth-order valence-electron chi connectivity index (χ4n) is 2.30. The molecule has 0 saturated carbocycles. The van der Waals surface area contributed by atoms with E-state index in [9.17, 15) is 18.0 Å². The second-order valence-corrected chi connectivity index (χ2v) is 6.57. The van der Waals surface area contributed by atoms with Gasteiger partial charge in [0.1, 0.15) is 11.6 Å². The third-order valence-electron chi connectivity index (χ3n) is 3.56. The van der Waals surface area contributed by atoms with Crippen LogP contribution in [0.15, 0.2) is 66.1 Å². The van der Waals surface area contributed by atoms with E-state index in [1.54, 1.807) is 30.3 Å². The van der Waals surface area contributed by atoms with E-state index in [0.29, 0.717) is 10.7 Å². The molecule has 1 amide bonds. The molecule has 0 fully saturated rings. The van der Waals surface area contributed by atoms with Gasteiger partial charge in [0.15, 0.2) is 0 Å². The van der Waals surface area contributed by atoms with E-state index in [2.05, 4.69) is 15.5 Å². The fraction of sp³-hybridized carbons (Fsp3) is 0.118. The Bertz CT molecular complexity index is 930. The van der Waals surface area contributed by atoms with E-state index < -0.39 is 22.9 Å². The predicted octanol–water partition coefficient (Wildman–Crippen LogP) is 3.48. The Balaban J connectivity index is 1.86. The molecule has 140 valence electrons. The molecule has 0 aliphatic heterocycles. The summed E-state index contributed by atoms with van der Waals surface area (Å²) in [6.45, 7) is 0. The minimum Gasteiger partial charge on any atom is -0.336 e. The molecule has 0 aliphatic rings. The number of hydrogen-bond donors (Lipinski definition) is 2. The van der Waals surface area contributed by atoms with Crippen molar-refractivity contribution in [2.75, 3.05) is 11.2 Å². The van der Waals surface area contributed by atoms with Gasteiger partial charge in [-0.3, -0.25) is 4.79 Å². The molecule has 3 rings (SSSR count). The van der Waals surface area contributed by atoms with Gasteiger partial charge in [-0.1, -0.05) is 48.2 Å². The van der Waals surface area contributed by atoms with Crippen molar-refractivity contribution < 1.29 is 18.0 Å². The molecule has 1 atom stereocenters. The van der Waals surface area contributed by atoms with Crippen molar-refractivity contribution >= 4 is 23.4 Å². The van der Waals surface area contributed by atoms with Crippen molar-refractivity contribution in [3.8, 4) is 0 Å². The average molecular weight is 393 g/mol. The van der Waals surface area contributed by atoms with Gasteiger partial charge in [0.25, 0.3) is 0 Å². The Morgan fingerprint density at radius 1 is 1.15 bits per heavy atom. The monoisotopic (exact) mass is 393 g/mol. The van der Waals surface area contributed by atoms with Crippen LogP contribution in [-0.2, 0) is 11.0 Å². The molecule has 2 aromatic carbocycles. The third-order valence-corrected chi connectivity index (χ3v) is 4.79. The maximum absolute atomic E-state index is 12.9. The molecule has 0 spiro atoms. The molecule has 0 bridgehead atoms. The van der Waals surface area contributed by atoms with Crippen LogP contribution in [0.1, 0.15) is 16.4 Å². The Labute approximate surface area is 156 Å². The Morgan fingerprint density at radius 2 is 1.89 bits per heavy atom. The van der Waals surface area contributed by atoms with Gasteiger partial charge in [-0.15, -0.1) is 10.2 Å². The van der Waals surface area contributed by atoms with Crippen LogP contribution >= 0.6 is 11.8 Å². The molecular formula is C17H14F3N5OS. The first-order valence-corrected chi connectivity index (χ1v) is 8.57. The lowest BCUT2D eigenvalue weighted by Crippen LogP contribution is -2.20. The Morgan fingerprint density at radius 3 is 2.52 bits per heavy atom. The Hall–Kier alpha value is -3.01. The van der Waals surface area contributed by atoms with Gasteiger partial charge < -0.3 is 11.2 Å². The summed E-state index contributed by atoms with van der Waals surface area (Å²) in [5.41, 5.74) is -0.147. The average Bonchev–Trinajstić information content (AvgIpc) is 3.04. The van der Waals surface area contributed by atoms with E-state index >= 15 is 0 Å². The topological polar surface area (TPSA) is 85.8 Å². The standard InChI is InChI=1S/C17H14F3N5OS/c18-17(19,20)12-7-4-8-13(9-12)23-15(26)14(11-5-2-1-3-6-11)27-16-24-22-10-25(16)21/h1-10,14H,21H2,(H,23,26)/t14-/m0/s1. The van der Waals surface area contributed by atoms with Gasteiger partial charge in [-0.2, -0.15) is 13.2 Å². The number of amides is 1. The maximum atomic E-state index is 12.9. The van der Waals surface area contributed by atoms with Crippen LogP contribution in [0.2, 0.25) is 0 Å². The molecular weight excluding hydrogens is 379 g/mol. The number of carbonyl (C=O) groups excluding carboxylic acids is 1. The first-order valence-electron chi connectivity index (χ1n) is 7.69. The molecule has 0 aliphatic carbocycles. The smallest absolute Gasteiger partial charge is 0.336 e. The van der Waals surface area contributed by atoms with Crippen LogP contribution in [0.5, 0.6) is 0 Å². The second kappa shape index (κ2) is 7.70. The SMILES string of the molecule is Nn1cnnc1S[C@H](C(=O)Nc1cccc(C(F)(F)F)c1)c1ccccc1. The van der Waals surface area contributed by atoms with Crippen LogP contribution in [0, 0.1) is 0 Å². The normalized spacial score (nSPS) is 12.6. The number of benzene rings is 2. The number of carbonyl (C=O) groups is 1. The highest BCUT2D eigenvalue weighted by Gasteiger charge is 2.31. The number of nitrogen functional groups attached to an aromatic ring is 1. The lowest BCUT2D eigenvalue weighted by Gasteiger charge is -2.17. The van der Waals surface area contributed by atoms with E-state index in [-0.39, 0.29) is 5.69 Å². The van der Waals surface area contributed by atoms with Crippen LogP contribution in [0.25, 0.3) is 0 Å². The summed E-state index contributed by atoms with van der Waals surface area (Å²) in [7, 11) is 0. The number of alkyl halides is 3. The minimum atomic E-state index is -4.50. The molecule has 1 heterocycles. The van der Waals surface area contributed by atoms with E-state index in [1.807, 2.05) is 0 Å². The lowest BCUT2D eigenvalue weighted by atomic mass is 10.1. The summed E-state index contributed by atoms with van der Waals surface area (Å²) >= 11 is 1.04. The minimum absolute atomic E-state index is 0.0468. The van der Waals surface area contributed by atoms with E-state index in [1.165, 1.54) is 18.5 Å². The highest BCUT2D eigenvalue weighted by atomic mass is 32.2. The molecule has 3 aromatic rings. The highest BCUT2D eigenvalue weighted by molar-refractivity contribution is 8.00. The largest absolute Gasteiger partial charge is 0.416 e. The van der Waals surface area contributed by atoms with Crippen molar-refractivity contribution in [1.29, 1.82) is 0 Å². The molecule has 6 nitrogen and oxygen atoms in total. The molecule has 3 N–H and O–H groups in total. The molecule has 1 aromatic heterocycles. The number of nitrogens with two attached hydrogens (primary N) is 1. The fourth-order valence-corrected chi connectivity index (χ4v) is 3.24. The molecule has 10 heteroatoms. The van der Waals surface area contributed by atoms with Gasteiger partial charge in [0.05, 0.1) is 5.56 Å². The van der Waals surface area contributed by atoms with Gasteiger partial charge in [-0.25, -0.2) is 4.68 Å².